The molecule has 2 aromatic rings. The lowest BCUT2D eigenvalue weighted by molar-refractivity contribution is -0.142. The number of nitrogens with one attached hydrogen (secondary N) is 1. The van der Waals surface area contributed by atoms with Crippen LogP contribution in [0.2, 0.25) is 0 Å². The van der Waals surface area contributed by atoms with E-state index in [1.165, 1.54) is 30.1 Å². The number of benzene rings is 2. The third-order valence-corrected chi connectivity index (χ3v) is 8.38. The number of carbonyl (C=O) groups excluding carboxylic acids is 2. The third-order valence-electron chi connectivity index (χ3n) is 6.54. The van der Waals surface area contributed by atoms with Gasteiger partial charge in [-0.15, -0.1) is 0 Å². The van der Waals surface area contributed by atoms with Crippen molar-refractivity contribution in [1.82, 2.24) is 9.21 Å². The SMILES string of the molecule is C[C@@H]1CN([C@H](C)CO)C(=O)c2cc(NC(=O)CCC(F)(F)F)ccc2O[C@H]1CN(C)S(=O)(=O)c1ccc(F)cc1. The van der Waals surface area contributed by atoms with Crippen LogP contribution in [-0.4, -0.2) is 79.6 Å². The van der Waals surface area contributed by atoms with Gasteiger partial charge in [-0.2, -0.15) is 17.5 Å². The first kappa shape index (κ1) is 31.3. The standard InChI is InChI=1S/C26H31F4N3O6S/c1-16-13-33(17(2)15-34)25(36)21-12-19(31-24(35)10-11-26(28,29)30)6-9-22(21)39-23(16)14-32(3)40(37,38)20-7-4-18(27)5-8-20/h4-9,12,16-17,23,34H,10-11,13-15H2,1-3H3,(H,31,35)/t16-,17-,23+/m1/s1. The number of nitrogens with zero attached hydrogens (tertiary/aromatic N) is 2. The zero-order chi connectivity index (χ0) is 29.8. The van der Waals surface area contributed by atoms with Crippen LogP contribution in [0.1, 0.15) is 37.0 Å². The highest BCUT2D eigenvalue weighted by atomic mass is 32.2. The molecule has 3 atom stereocenters. The van der Waals surface area contributed by atoms with Gasteiger partial charge in [0.05, 0.1) is 36.1 Å². The van der Waals surface area contributed by atoms with Crippen LogP contribution >= 0.6 is 0 Å². The lowest BCUT2D eigenvalue weighted by Crippen LogP contribution is -2.50. The number of amides is 2. The monoisotopic (exact) mass is 589 g/mol. The molecule has 2 aromatic carbocycles. The van der Waals surface area contributed by atoms with E-state index in [4.69, 9.17) is 4.74 Å². The van der Waals surface area contributed by atoms with E-state index in [2.05, 4.69) is 5.32 Å². The van der Waals surface area contributed by atoms with Gasteiger partial charge in [0.1, 0.15) is 17.7 Å². The molecule has 2 N–H and O–H groups in total. The molecule has 3 rings (SSSR count). The van der Waals surface area contributed by atoms with Crippen LogP contribution in [0.15, 0.2) is 47.4 Å². The maximum atomic E-state index is 13.5. The van der Waals surface area contributed by atoms with Gasteiger partial charge in [-0.05, 0) is 49.4 Å². The van der Waals surface area contributed by atoms with Crippen LogP contribution in [0.5, 0.6) is 5.75 Å². The van der Waals surface area contributed by atoms with Crippen molar-refractivity contribution in [2.75, 3.05) is 32.1 Å². The van der Waals surface area contributed by atoms with E-state index < -0.39 is 64.7 Å². The van der Waals surface area contributed by atoms with Gasteiger partial charge >= 0.3 is 6.18 Å². The van der Waals surface area contributed by atoms with E-state index in [0.29, 0.717) is 0 Å². The average Bonchev–Trinajstić information content (AvgIpc) is 2.89. The smallest absolute Gasteiger partial charge is 0.389 e. The average molecular weight is 590 g/mol. The lowest BCUT2D eigenvalue weighted by atomic mass is 9.99. The second-order valence-electron chi connectivity index (χ2n) is 9.74. The Bertz CT molecular complexity index is 1320. The molecule has 0 unspecified atom stereocenters. The Morgan fingerprint density at radius 1 is 1.23 bits per heavy atom. The molecule has 9 nitrogen and oxygen atoms in total. The van der Waals surface area contributed by atoms with E-state index >= 15 is 0 Å². The van der Waals surface area contributed by atoms with Crippen molar-refractivity contribution in [3.05, 3.63) is 53.8 Å². The summed E-state index contributed by atoms with van der Waals surface area (Å²) in [4.78, 5) is 26.8. The number of hydrogen-bond acceptors (Lipinski definition) is 6. The highest BCUT2D eigenvalue weighted by Gasteiger charge is 2.35. The largest absolute Gasteiger partial charge is 0.488 e. The number of fused-ring (bicyclic) bond motifs is 1. The molecule has 0 spiro atoms. The van der Waals surface area contributed by atoms with Gasteiger partial charge in [0.2, 0.25) is 15.9 Å². The van der Waals surface area contributed by atoms with E-state index in [0.717, 1.165) is 28.6 Å². The van der Waals surface area contributed by atoms with Crippen LogP contribution in [0.3, 0.4) is 0 Å². The van der Waals surface area contributed by atoms with Gasteiger partial charge in [0.15, 0.2) is 0 Å². The minimum Gasteiger partial charge on any atom is -0.488 e. The molecule has 0 aromatic heterocycles. The number of rotatable bonds is 9. The van der Waals surface area contributed by atoms with Gasteiger partial charge in [-0.1, -0.05) is 6.92 Å². The molecule has 0 saturated carbocycles. The highest BCUT2D eigenvalue weighted by molar-refractivity contribution is 7.89. The van der Waals surface area contributed by atoms with Gasteiger partial charge in [0.25, 0.3) is 5.91 Å². The minimum absolute atomic E-state index is 0.0186. The van der Waals surface area contributed by atoms with Crippen LogP contribution in [-0.2, 0) is 14.8 Å². The molecule has 0 aliphatic carbocycles. The number of hydrogen-bond donors (Lipinski definition) is 2. The fourth-order valence-electron chi connectivity index (χ4n) is 4.14. The second-order valence-corrected chi connectivity index (χ2v) is 11.8. The first-order valence-corrected chi connectivity index (χ1v) is 13.9. The van der Waals surface area contributed by atoms with E-state index in [1.807, 2.05) is 0 Å². The van der Waals surface area contributed by atoms with E-state index in [9.17, 15) is 40.7 Å². The normalized spacial score (nSPS) is 18.9. The summed E-state index contributed by atoms with van der Waals surface area (Å²) in [5, 5.41) is 12.1. The minimum atomic E-state index is -4.50. The summed E-state index contributed by atoms with van der Waals surface area (Å²) in [6.45, 7) is 2.94. The van der Waals surface area contributed by atoms with Gasteiger partial charge in [-0.25, -0.2) is 12.8 Å². The number of aliphatic hydroxyl groups excluding tert-OH is 1. The van der Waals surface area contributed by atoms with Crippen LogP contribution < -0.4 is 10.1 Å². The second kappa shape index (κ2) is 12.5. The van der Waals surface area contributed by atoms with E-state index in [1.54, 1.807) is 13.8 Å². The Hall–Kier alpha value is -3.23. The molecule has 0 radical (unpaired) electrons. The van der Waals surface area contributed by atoms with Crippen LogP contribution in [0, 0.1) is 11.7 Å². The topological polar surface area (TPSA) is 116 Å². The van der Waals surface area contributed by atoms with Crippen molar-refractivity contribution in [2.45, 2.75) is 49.9 Å². The van der Waals surface area contributed by atoms with Crippen molar-refractivity contribution in [1.29, 1.82) is 0 Å². The summed E-state index contributed by atoms with van der Waals surface area (Å²) in [6.07, 6.45) is -7.39. The van der Waals surface area contributed by atoms with Gasteiger partial charge in [-0.3, -0.25) is 9.59 Å². The summed E-state index contributed by atoms with van der Waals surface area (Å²) >= 11 is 0. The molecule has 14 heteroatoms. The quantitative estimate of drug-likeness (QED) is 0.432. The van der Waals surface area contributed by atoms with Gasteiger partial charge < -0.3 is 20.1 Å². The van der Waals surface area contributed by atoms with Crippen LogP contribution in [0.4, 0.5) is 23.2 Å². The highest BCUT2D eigenvalue weighted by Crippen LogP contribution is 2.31. The molecule has 1 aliphatic rings. The van der Waals surface area contributed by atoms with Gasteiger partial charge in [0, 0.05) is 31.6 Å². The summed E-state index contributed by atoms with van der Waals surface area (Å²) in [7, 11) is -2.68. The fourth-order valence-corrected chi connectivity index (χ4v) is 5.32. The first-order valence-electron chi connectivity index (χ1n) is 12.4. The summed E-state index contributed by atoms with van der Waals surface area (Å²) < 4.78 is 84.2. The summed E-state index contributed by atoms with van der Waals surface area (Å²) in [5.41, 5.74) is 0.0514. The number of alkyl halides is 3. The Kier molecular flexibility index (Phi) is 9.80. The Morgan fingerprint density at radius 3 is 2.48 bits per heavy atom. The van der Waals surface area contributed by atoms with Crippen molar-refractivity contribution in [3.63, 3.8) is 0 Å². The number of ether oxygens (including phenoxy) is 1. The Morgan fingerprint density at radius 2 is 1.88 bits per heavy atom. The van der Waals surface area contributed by atoms with Crippen molar-refractivity contribution < 1.29 is 45.4 Å². The number of carbonyl (C=O) groups is 2. The van der Waals surface area contributed by atoms with Crippen LogP contribution in [0.25, 0.3) is 0 Å². The molecule has 2 amide bonds. The van der Waals surface area contributed by atoms with Crippen molar-refractivity contribution in [2.24, 2.45) is 5.92 Å². The van der Waals surface area contributed by atoms with E-state index in [-0.39, 0.29) is 41.6 Å². The van der Waals surface area contributed by atoms with Crippen molar-refractivity contribution >= 4 is 27.5 Å². The number of aliphatic hydroxyl groups is 1. The number of anilines is 1. The number of sulfonamides is 1. The predicted octanol–water partition coefficient (Wildman–Crippen LogP) is 3.65. The number of likely N-dealkylation sites (N-methyl/N-ethyl adjacent to an activating group) is 1. The molecule has 40 heavy (non-hydrogen) atoms. The lowest BCUT2D eigenvalue weighted by Gasteiger charge is -2.38. The zero-order valence-electron chi connectivity index (χ0n) is 22.1. The number of halogens is 4. The first-order chi connectivity index (χ1) is 18.6. The molecule has 0 fully saturated rings. The Balaban J connectivity index is 1.91. The molecular weight excluding hydrogens is 558 g/mol. The summed E-state index contributed by atoms with van der Waals surface area (Å²) in [5.74, 6) is -2.37. The fraction of sp³-hybridized carbons (Fsp3) is 0.462. The van der Waals surface area contributed by atoms with Crippen molar-refractivity contribution in [3.8, 4) is 5.75 Å². The Labute approximate surface area is 229 Å². The molecule has 0 bridgehead atoms. The molecule has 1 aliphatic heterocycles. The molecule has 220 valence electrons. The predicted molar refractivity (Wildman–Crippen MR) is 138 cm³/mol. The third kappa shape index (κ3) is 7.70. The maximum absolute atomic E-state index is 13.5. The molecule has 1 heterocycles. The molecular formula is C26H31F4N3O6S. The summed E-state index contributed by atoms with van der Waals surface area (Å²) in [6, 6.07) is 7.72. The zero-order valence-corrected chi connectivity index (χ0v) is 22.9. The molecule has 0 saturated heterocycles. The maximum Gasteiger partial charge on any atom is 0.389 e.